The highest BCUT2D eigenvalue weighted by Gasteiger charge is 2.18. The Morgan fingerprint density at radius 3 is 2.43 bits per heavy atom. The minimum Gasteiger partial charge on any atom is -0.508 e. The van der Waals surface area contributed by atoms with Crippen LogP contribution in [0.4, 0.5) is 0 Å². The molecule has 0 bridgehead atoms. The van der Waals surface area contributed by atoms with Crippen LogP contribution in [0.2, 0.25) is 0 Å². The monoisotopic (exact) mass is 284 g/mol. The van der Waals surface area contributed by atoms with E-state index in [2.05, 4.69) is 0 Å². The smallest absolute Gasteiger partial charge is 0.306 e. The molecule has 1 atom stereocenters. The third kappa shape index (κ3) is 4.35. The Hall–Kier alpha value is -2.29. The number of ether oxygens (including phenoxy) is 1. The summed E-state index contributed by atoms with van der Waals surface area (Å²) in [6.07, 6.45) is 0.918. The summed E-state index contributed by atoms with van der Waals surface area (Å²) in [5, 5.41) is 9.93. The van der Waals surface area contributed by atoms with Gasteiger partial charge in [0, 0.05) is 0 Å². The summed E-state index contributed by atoms with van der Waals surface area (Å²) in [5.74, 6) is 0.0580. The number of aromatic hydroxyl groups is 1. The van der Waals surface area contributed by atoms with E-state index in [1.807, 2.05) is 42.5 Å². The van der Waals surface area contributed by atoms with Crippen molar-refractivity contribution in [2.24, 2.45) is 0 Å². The molecule has 0 aliphatic heterocycles. The van der Waals surface area contributed by atoms with Gasteiger partial charge in [-0.05, 0) is 36.5 Å². The Bertz CT molecular complexity index is 578. The number of esters is 1. The van der Waals surface area contributed by atoms with E-state index in [1.54, 1.807) is 19.1 Å². The van der Waals surface area contributed by atoms with Crippen molar-refractivity contribution in [2.75, 3.05) is 6.61 Å². The quantitative estimate of drug-likeness (QED) is 0.823. The molecule has 0 fully saturated rings. The molecule has 0 spiro atoms. The van der Waals surface area contributed by atoms with Gasteiger partial charge in [-0.25, -0.2) is 0 Å². The van der Waals surface area contributed by atoms with Crippen LogP contribution >= 0.6 is 0 Å². The SMILES string of the molecule is CCOC(=O)C[C@H](Cc1ccccc1O)c1ccccc1. The van der Waals surface area contributed by atoms with E-state index in [4.69, 9.17) is 4.74 Å². The summed E-state index contributed by atoms with van der Waals surface area (Å²) in [5.41, 5.74) is 1.92. The normalized spacial score (nSPS) is 11.9. The molecule has 3 heteroatoms. The molecule has 3 nitrogen and oxygen atoms in total. The van der Waals surface area contributed by atoms with Gasteiger partial charge >= 0.3 is 5.97 Å². The van der Waals surface area contributed by atoms with Gasteiger partial charge in [0.05, 0.1) is 13.0 Å². The first-order chi connectivity index (χ1) is 10.2. The van der Waals surface area contributed by atoms with Crippen molar-refractivity contribution in [3.8, 4) is 5.75 Å². The number of hydrogen-bond donors (Lipinski definition) is 1. The first-order valence-electron chi connectivity index (χ1n) is 7.18. The predicted octanol–water partition coefficient (Wildman–Crippen LogP) is 3.67. The second-order valence-electron chi connectivity index (χ2n) is 4.95. The summed E-state index contributed by atoms with van der Waals surface area (Å²) in [4.78, 5) is 11.8. The molecular weight excluding hydrogens is 264 g/mol. The molecular formula is C18H20O3. The molecule has 0 saturated carbocycles. The van der Waals surface area contributed by atoms with Gasteiger partial charge in [-0.15, -0.1) is 0 Å². The van der Waals surface area contributed by atoms with Crippen molar-refractivity contribution in [3.05, 3.63) is 65.7 Å². The highest BCUT2D eigenvalue weighted by Crippen LogP contribution is 2.28. The zero-order chi connectivity index (χ0) is 15.1. The van der Waals surface area contributed by atoms with Gasteiger partial charge in [0.15, 0.2) is 0 Å². The lowest BCUT2D eigenvalue weighted by Gasteiger charge is -2.17. The van der Waals surface area contributed by atoms with Crippen molar-refractivity contribution < 1.29 is 14.6 Å². The fourth-order valence-electron chi connectivity index (χ4n) is 2.40. The van der Waals surface area contributed by atoms with E-state index in [9.17, 15) is 9.90 Å². The Balaban J connectivity index is 2.20. The summed E-state index contributed by atoms with van der Waals surface area (Å²) >= 11 is 0. The van der Waals surface area contributed by atoms with Gasteiger partial charge in [0.25, 0.3) is 0 Å². The second kappa shape index (κ2) is 7.48. The van der Waals surface area contributed by atoms with E-state index in [-0.39, 0.29) is 17.6 Å². The van der Waals surface area contributed by atoms with Crippen molar-refractivity contribution in [3.63, 3.8) is 0 Å². The number of para-hydroxylation sites is 1. The zero-order valence-corrected chi connectivity index (χ0v) is 12.2. The summed E-state index contributed by atoms with van der Waals surface area (Å²) in [6, 6.07) is 17.1. The summed E-state index contributed by atoms with van der Waals surface area (Å²) < 4.78 is 5.06. The maximum atomic E-state index is 11.8. The van der Waals surface area contributed by atoms with E-state index in [1.165, 1.54) is 0 Å². The maximum absolute atomic E-state index is 11.8. The molecule has 0 aliphatic carbocycles. The average Bonchev–Trinajstić information content (AvgIpc) is 2.50. The highest BCUT2D eigenvalue weighted by molar-refractivity contribution is 5.70. The summed E-state index contributed by atoms with van der Waals surface area (Å²) in [6.45, 7) is 2.19. The molecule has 0 amide bonds. The van der Waals surface area contributed by atoms with E-state index in [0.29, 0.717) is 19.4 Å². The number of benzene rings is 2. The van der Waals surface area contributed by atoms with E-state index >= 15 is 0 Å². The Labute approximate surface area is 125 Å². The van der Waals surface area contributed by atoms with E-state index < -0.39 is 0 Å². The average molecular weight is 284 g/mol. The van der Waals surface area contributed by atoms with Crippen LogP contribution in [0.1, 0.15) is 30.4 Å². The molecule has 1 N–H and O–H groups in total. The van der Waals surface area contributed by atoms with Gasteiger partial charge in [-0.1, -0.05) is 48.5 Å². The summed E-state index contributed by atoms with van der Waals surface area (Å²) in [7, 11) is 0. The van der Waals surface area contributed by atoms with Crippen molar-refractivity contribution >= 4 is 5.97 Å². The molecule has 2 aromatic carbocycles. The highest BCUT2D eigenvalue weighted by atomic mass is 16.5. The predicted molar refractivity (Wildman–Crippen MR) is 82.2 cm³/mol. The van der Waals surface area contributed by atoms with Gasteiger partial charge in [0.2, 0.25) is 0 Å². The fraction of sp³-hybridized carbons (Fsp3) is 0.278. The topological polar surface area (TPSA) is 46.5 Å². The number of rotatable bonds is 6. The first kappa shape index (κ1) is 15.1. The molecule has 0 aliphatic rings. The van der Waals surface area contributed by atoms with Crippen LogP contribution in [0.3, 0.4) is 0 Å². The van der Waals surface area contributed by atoms with Crippen LogP contribution in [-0.4, -0.2) is 17.7 Å². The van der Waals surface area contributed by atoms with Crippen LogP contribution in [0.25, 0.3) is 0 Å². The number of hydrogen-bond acceptors (Lipinski definition) is 3. The van der Waals surface area contributed by atoms with E-state index in [0.717, 1.165) is 11.1 Å². The molecule has 0 unspecified atom stereocenters. The third-order valence-electron chi connectivity index (χ3n) is 3.45. The standard InChI is InChI=1S/C18H20O3/c1-2-21-18(20)13-16(14-8-4-3-5-9-14)12-15-10-6-7-11-17(15)19/h3-11,16,19H,2,12-13H2,1H3/t16-/m0/s1. The van der Waals surface area contributed by atoms with Gasteiger partial charge in [-0.2, -0.15) is 0 Å². The van der Waals surface area contributed by atoms with Crippen LogP contribution in [0, 0.1) is 0 Å². The largest absolute Gasteiger partial charge is 0.508 e. The second-order valence-corrected chi connectivity index (χ2v) is 4.95. The lowest BCUT2D eigenvalue weighted by molar-refractivity contribution is -0.143. The van der Waals surface area contributed by atoms with Crippen LogP contribution < -0.4 is 0 Å². The fourth-order valence-corrected chi connectivity index (χ4v) is 2.40. The van der Waals surface area contributed by atoms with Crippen LogP contribution in [-0.2, 0) is 16.0 Å². The maximum Gasteiger partial charge on any atom is 0.306 e. The molecule has 2 aromatic rings. The lowest BCUT2D eigenvalue weighted by atomic mass is 9.89. The van der Waals surface area contributed by atoms with Gasteiger partial charge < -0.3 is 9.84 Å². The minimum absolute atomic E-state index is 0.00134. The number of phenolic OH excluding ortho intramolecular Hbond substituents is 1. The molecule has 2 rings (SSSR count). The van der Waals surface area contributed by atoms with Crippen LogP contribution in [0.15, 0.2) is 54.6 Å². The Morgan fingerprint density at radius 1 is 1.10 bits per heavy atom. The third-order valence-corrected chi connectivity index (χ3v) is 3.45. The molecule has 0 aromatic heterocycles. The Kier molecular flexibility index (Phi) is 5.38. The number of carbonyl (C=O) groups is 1. The van der Waals surface area contributed by atoms with Crippen LogP contribution in [0.5, 0.6) is 5.75 Å². The molecule has 0 saturated heterocycles. The lowest BCUT2D eigenvalue weighted by Crippen LogP contribution is -2.12. The minimum atomic E-state index is -0.207. The Morgan fingerprint density at radius 2 is 1.76 bits per heavy atom. The van der Waals surface area contributed by atoms with Crippen molar-refractivity contribution in [1.29, 1.82) is 0 Å². The molecule has 0 heterocycles. The van der Waals surface area contributed by atoms with Gasteiger partial charge in [-0.3, -0.25) is 4.79 Å². The zero-order valence-electron chi connectivity index (χ0n) is 12.2. The molecule has 0 radical (unpaired) electrons. The number of carbonyl (C=O) groups excluding carboxylic acids is 1. The van der Waals surface area contributed by atoms with Crippen molar-refractivity contribution in [1.82, 2.24) is 0 Å². The molecule has 110 valence electrons. The number of phenols is 1. The van der Waals surface area contributed by atoms with Crippen molar-refractivity contribution in [2.45, 2.75) is 25.7 Å². The first-order valence-corrected chi connectivity index (χ1v) is 7.18. The van der Waals surface area contributed by atoms with Gasteiger partial charge in [0.1, 0.15) is 5.75 Å². The molecule has 21 heavy (non-hydrogen) atoms.